The first-order valence-corrected chi connectivity index (χ1v) is 7.98. The lowest BCUT2D eigenvalue weighted by molar-refractivity contribution is -0.149. The minimum absolute atomic E-state index is 0.134. The number of rotatable bonds is 2. The largest absolute Gasteiger partial charge is 0.369 e. The van der Waals surface area contributed by atoms with Crippen LogP contribution >= 0.6 is 34.8 Å². The van der Waals surface area contributed by atoms with Gasteiger partial charge in [-0.15, -0.1) is 0 Å². The second-order valence-corrected chi connectivity index (χ2v) is 8.98. The first kappa shape index (κ1) is 14.2. The molecule has 4 fully saturated rings. The van der Waals surface area contributed by atoms with E-state index in [2.05, 4.69) is 5.32 Å². The molecule has 4 aliphatic carbocycles. The van der Waals surface area contributed by atoms with Crippen LogP contribution in [0.5, 0.6) is 0 Å². The highest BCUT2D eigenvalue weighted by Crippen LogP contribution is 2.60. The van der Waals surface area contributed by atoms with Gasteiger partial charge in [-0.2, -0.15) is 0 Å². The molecule has 0 saturated heterocycles. The van der Waals surface area contributed by atoms with E-state index in [0.717, 1.165) is 19.3 Å². The van der Waals surface area contributed by atoms with Crippen molar-refractivity contribution in [3.63, 3.8) is 0 Å². The lowest BCUT2D eigenvalue weighted by Gasteiger charge is -2.55. The summed E-state index contributed by atoms with van der Waals surface area (Å²) in [7, 11) is 0. The van der Waals surface area contributed by atoms with Crippen LogP contribution in [0.4, 0.5) is 0 Å². The molecule has 4 saturated carbocycles. The number of alkyl halides is 3. The molecule has 1 atom stereocenters. The van der Waals surface area contributed by atoms with Crippen LogP contribution in [0.15, 0.2) is 0 Å². The number of amides is 1. The van der Waals surface area contributed by atoms with Crippen LogP contribution in [0, 0.1) is 23.2 Å². The Balaban J connectivity index is 1.73. The second kappa shape index (κ2) is 4.66. The lowest BCUT2D eigenvalue weighted by atomic mass is 9.49. The molecular formula is C13H18Cl3NO2. The summed E-state index contributed by atoms with van der Waals surface area (Å²) in [6.45, 7) is 0. The summed E-state index contributed by atoms with van der Waals surface area (Å²) >= 11 is 16.8. The van der Waals surface area contributed by atoms with Crippen LogP contribution in [0.25, 0.3) is 0 Å². The molecule has 0 heterocycles. The van der Waals surface area contributed by atoms with Crippen LogP contribution in [-0.4, -0.2) is 21.0 Å². The van der Waals surface area contributed by atoms with Gasteiger partial charge in [-0.3, -0.25) is 4.79 Å². The summed E-state index contributed by atoms with van der Waals surface area (Å²) in [5, 5.41) is 12.2. The maximum atomic E-state index is 12.5. The Morgan fingerprint density at radius 2 is 1.53 bits per heavy atom. The fraction of sp³-hybridized carbons (Fsp3) is 0.923. The number of carbonyl (C=O) groups is 1. The fourth-order valence-electron chi connectivity index (χ4n) is 4.75. The summed E-state index contributed by atoms with van der Waals surface area (Å²) in [6, 6.07) is 0. The van der Waals surface area contributed by atoms with Crippen LogP contribution in [0.2, 0.25) is 0 Å². The molecule has 4 aliphatic rings. The zero-order valence-corrected chi connectivity index (χ0v) is 12.8. The molecule has 0 aromatic carbocycles. The average molecular weight is 327 g/mol. The van der Waals surface area contributed by atoms with Crippen LogP contribution in [-0.2, 0) is 4.79 Å². The molecule has 0 spiro atoms. The van der Waals surface area contributed by atoms with Gasteiger partial charge in [0.05, 0.1) is 5.41 Å². The first-order valence-electron chi connectivity index (χ1n) is 6.84. The van der Waals surface area contributed by atoms with Crippen molar-refractivity contribution in [3.05, 3.63) is 0 Å². The van der Waals surface area contributed by atoms with Crippen molar-refractivity contribution >= 4 is 40.7 Å². The predicted molar refractivity (Wildman–Crippen MR) is 75.0 cm³/mol. The fourth-order valence-corrected chi connectivity index (χ4v) is 4.91. The van der Waals surface area contributed by atoms with Gasteiger partial charge in [-0.05, 0) is 56.3 Å². The molecule has 1 amide bonds. The van der Waals surface area contributed by atoms with Crippen molar-refractivity contribution in [2.45, 2.75) is 48.5 Å². The third kappa shape index (κ3) is 2.59. The zero-order valence-electron chi connectivity index (χ0n) is 10.5. The normalized spacial score (nSPS) is 42.2. The van der Waals surface area contributed by atoms with Crippen molar-refractivity contribution in [3.8, 4) is 0 Å². The Morgan fingerprint density at radius 3 is 1.89 bits per heavy atom. The molecule has 0 aromatic rings. The van der Waals surface area contributed by atoms with E-state index >= 15 is 0 Å². The average Bonchev–Trinajstić information content (AvgIpc) is 2.25. The van der Waals surface area contributed by atoms with Gasteiger partial charge in [0.1, 0.15) is 0 Å². The van der Waals surface area contributed by atoms with E-state index < -0.39 is 10.0 Å². The number of hydrogen-bond acceptors (Lipinski definition) is 2. The van der Waals surface area contributed by atoms with Gasteiger partial charge >= 0.3 is 0 Å². The highest BCUT2D eigenvalue weighted by molar-refractivity contribution is 6.68. The van der Waals surface area contributed by atoms with Crippen molar-refractivity contribution in [2.24, 2.45) is 23.2 Å². The van der Waals surface area contributed by atoms with E-state index in [1.807, 2.05) is 0 Å². The molecule has 4 rings (SSSR count). The monoisotopic (exact) mass is 325 g/mol. The molecule has 108 valence electrons. The maximum Gasteiger partial charge on any atom is 0.234 e. The summed E-state index contributed by atoms with van der Waals surface area (Å²) in [4.78, 5) is 12.5. The Kier molecular flexibility index (Phi) is 3.49. The number of hydrogen-bond donors (Lipinski definition) is 2. The van der Waals surface area contributed by atoms with E-state index in [9.17, 15) is 9.90 Å². The summed E-state index contributed by atoms with van der Waals surface area (Å²) in [5.41, 5.74) is -0.328. The Hall–Kier alpha value is 0.300. The Morgan fingerprint density at radius 1 is 1.11 bits per heavy atom. The minimum Gasteiger partial charge on any atom is -0.369 e. The quantitative estimate of drug-likeness (QED) is 0.605. The number of nitrogens with one attached hydrogen (secondary N) is 1. The molecule has 0 aromatic heterocycles. The molecular weight excluding hydrogens is 309 g/mol. The van der Waals surface area contributed by atoms with E-state index in [4.69, 9.17) is 34.8 Å². The van der Waals surface area contributed by atoms with Gasteiger partial charge in [0.15, 0.2) is 6.23 Å². The minimum atomic E-state index is -1.88. The third-order valence-corrected chi connectivity index (χ3v) is 5.72. The molecule has 0 aliphatic heterocycles. The highest BCUT2D eigenvalue weighted by Gasteiger charge is 2.55. The van der Waals surface area contributed by atoms with Gasteiger partial charge in [0.2, 0.25) is 9.70 Å². The Labute approximate surface area is 128 Å². The van der Waals surface area contributed by atoms with Gasteiger partial charge in [0, 0.05) is 0 Å². The van der Waals surface area contributed by atoms with Gasteiger partial charge in [-0.1, -0.05) is 34.8 Å². The molecule has 0 radical (unpaired) electrons. The summed E-state index contributed by atoms with van der Waals surface area (Å²) < 4.78 is -1.88. The van der Waals surface area contributed by atoms with Crippen LogP contribution in [0.3, 0.4) is 0 Å². The first-order chi connectivity index (χ1) is 8.78. The topological polar surface area (TPSA) is 49.3 Å². The number of aliphatic hydroxyl groups excluding tert-OH is 1. The SMILES string of the molecule is O=C(NC(O)C(Cl)(Cl)Cl)C12CC3CC(CC(C3)C1)C2. The van der Waals surface area contributed by atoms with E-state index in [0.29, 0.717) is 17.8 Å². The lowest BCUT2D eigenvalue weighted by Crippen LogP contribution is -2.56. The Bertz CT molecular complexity index is 359. The number of aliphatic hydroxyl groups is 1. The van der Waals surface area contributed by atoms with E-state index in [1.165, 1.54) is 19.3 Å². The summed E-state index contributed by atoms with van der Waals surface area (Å²) in [5.74, 6) is 1.87. The number of carbonyl (C=O) groups excluding carboxylic acids is 1. The van der Waals surface area contributed by atoms with Crippen LogP contribution in [0.1, 0.15) is 38.5 Å². The third-order valence-electron chi connectivity index (χ3n) is 5.10. The van der Waals surface area contributed by atoms with Crippen molar-refractivity contribution in [1.29, 1.82) is 0 Å². The molecule has 3 nitrogen and oxygen atoms in total. The van der Waals surface area contributed by atoms with Crippen molar-refractivity contribution in [1.82, 2.24) is 5.32 Å². The molecule has 2 N–H and O–H groups in total. The van der Waals surface area contributed by atoms with Gasteiger partial charge in [-0.25, -0.2) is 0 Å². The standard InChI is InChI=1S/C13H18Cl3NO2/c14-13(15,16)11(19)17-10(18)12-4-7-1-8(5-12)3-9(2-7)6-12/h7-9,11,19H,1-6H2,(H,17,18). The predicted octanol–water partition coefficient (Wildman–Crippen LogP) is 3.01. The van der Waals surface area contributed by atoms with Crippen molar-refractivity contribution < 1.29 is 9.90 Å². The van der Waals surface area contributed by atoms with Gasteiger partial charge < -0.3 is 10.4 Å². The molecule has 4 bridgehead atoms. The van der Waals surface area contributed by atoms with E-state index in [-0.39, 0.29) is 11.3 Å². The maximum absolute atomic E-state index is 12.5. The second-order valence-electron chi connectivity index (χ2n) is 6.62. The smallest absolute Gasteiger partial charge is 0.234 e. The van der Waals surface area contributed by atoms with Crippen molar-refractivity contribution in [2.75, 3.05) is 0 Å². The zero-order chi connectivity index (χ0) is 13.8. The van der Waals surface area contributed by atoms with E-state index in [1.54, 1.807) is 0 Å². The molecule has 6 heteroatoms. The number of halogens is 3. The molecule has 1 unspecified atom stereocenters. The summed E-state index contributed by atoms with van der Waals surface area (Å²) in [6.07, 6.45) is 5.13. The molecule has 19 heavy (non-hydrogen) atoms. The van der Waals surface area contributed by atoms with Crippen LogP contribution < -0.4 is 5.32 Å². The highest BCUT2D eigenvalue weighted by atomic mass is 35.6. The van der Waals surface area contributed by atoms with Gasteiger partial charge in [0.25, 0.3) is 0 Å².